The number of hydrogen-bond donors (Lipinski definition) is 2. The van der Waals surface area contributed by atoms with E-state index in [4.69, 9.17) is 0 Å². The van der Waals surface area contributed by atoms with Gasteiger partial charge in [0.15, 0.2) is 0 Å². The monoisotopic (exact) mass is 349 g/mol. The van der Waals surface area contributed by atoms with Crippen LogP contribution >= 0.6 is 31.9 Å². The van der Waals surface area contributed by atoms with Gasteiger partial charge in [-0.05, 0) is 31.0 Å². The maximum absolute atomic E-state index is 11.6. The second-order valence-corrected chi connectivity index (χ2v) is 5.02. The number of carbonyl (C=O) groups is 1. The SMILES string of the molecule is O=C(NCCCCBr)c1ccc(Br)cc1O. The highest BCUT2D eigenvalue weighted by Crippen LogP contribution is 2.21. The summed E-state index contributed by atoms with van der Waals surface area (Å²) in [7, 11) is 0. The molecule has 2 N–H and O–H groups in total. The van der Waals surface area contributed by atoms with Crippen molar-refractivity contribution in [3.63, 3.8) is 0 Å². The Morgan fingerprint density at radius 2 is 2.12 bits per heavy atom. The van der Waals surface area contributed by atoms with E-state index >= 15 is 0 Å². The van der Waals surface area contributed by atoms with E-state index in [0.717, 1.165) is 22.6 Å². The zero-order valence-corrected chi connectivity index (χ0v) is 11.8. The second kappa shape index (κ2) is 6.91. The number of rotatable bonds is 5. The maximum atomic E-state index is 11.6. The van der Waals surface area contributed by atoms with E-state index in [1.165, 1.54) is 6.07 Å². The highest BCUT2D eigenvalue weighted by Gasteiger charge is 2.10. The quantitative estimate of drug-likeness (QED) is 0.633. The number of phenols is 1. The van der Waals surface area contributed by atoms with Crippen LogP contribution in [0.15, 0.2) is 22.7 Å². The fourth-order valence-electron chi connectivity index (χ4n) is 1.21. The Kier molecular flexibility index (Phi) is 5.84. The van der Waals surface area contributed by atoms with Crippen molar-refractivity contribution in [1.29, 1.82) is 0 Å². The van der Waals surface area contributed by atoms with Crippen LogP contribution in [-0.2, 0) is 0 Å². The molecule has 0 aliphatic rings. The lowest BCUT2D eigenvalue weighted by molar-refractivity contribution is 0.0950. The Hall–Kier alpha value is -0.550. The number of unbranched alkanes of at least 4 members (excludes halogenated alkanes) is 1. The van der Waals surface area contributed by atoms with E-state index in [-0.39, 0.29) is 11.7 Å². The number of amides is 1. The number of phenolic OH excluding ortho intramolecular Hbond substituents is 1. The van der Waals surface area contributed by atoms with Crippen molar-refractivity contribution >= 4 is 37.8 Å². The van der Waals surface area contributed by atoms with Crippen LogP contribution in [0, 0.1) is 0 Å². The van der Waals surface area contributed by atoms with Gasteiger partial charge in [0.1, 0.15) is 5.75 Å². The van der Waals surface area contributed by atoms with E-state index in [0.29, 0.717) is 12.1 Å². The molecule has 0 radical (unpaired) electrons. The number of alkyl halides is 1. The maximum Gasteiger partial charge on any atom is 0.255 e. The molecule has 0 saturated carbocycles. The first-order valence-electron chi connectivity index (χ1n) is 4.98. The molecule has 1 aromatic carbocycles. The van der Waals surface area contributed by atoms with Crippen molar-refractivity contribution in [2.75, 3.05) is 11.9 Å². The van der Waals surface area contributed by atoms with Crippen LogP contribution in [0.3, 0.4) is 0 Å². The standard InChI is InChI=1S/C11H13Br2NO2/c12-5-1-2-6-14-11(16)9-4-3-8(13)7-10(9)15/h3-4,7,15H,1-2,5-6H2,(H,14,16). The number of hydrogen-bond acceptors (Lipinski definition) is 2. The minimum absolute atomic E-state index is 0.00707. The lowest BCUT2D eigenvalue weighted by Crippen LogP contribution is -2.24. The lowest BCUT2D eigenvalue weighted by Gasteiger charge is -2.06. The van der Waals surface area contributed by atoms with Gasteiger partial charge in [0.2, 0.25) is 0 Å². The van der Waals surface area contributed by atoms with Crippen molar-refractivity contribution in [1.82, 2.24) is 5.32 Å². The molecule has 1 aromatic rings. The lowest BCUT2D eigenvalue weighted by atomic mass is 10.2. The molecule has 88 valence electrons. The molecule has 0 fully saturated rings. The van der Waals surface area contributed by atoms with Crippen LogP contribution in [-0.4, -0.2) is 22.9 Å². The van der Waals surface area contributed by atoms with Crippen LogP contribution in [0.4, 0.5) is 0 Å². The van der Waals surface area contributed by atoms with Gasteiger partial charge in [-0.15, -0.1) is 0 Å². The molecule has 5 heteroatoms. The summed E-state index contributed by atoms with van der Waals surface area (Å²) in [5.74, 6) is -0.244. The second-order valence-electron chi connectivity index (χ2n) is 3.31. The van der Waals surface area contributed by atoms with Crippen molar-refractivity contribution < 1.29 is 9.90 Å². The molecule has 0 heterocycles. The fraction of sp³-hybridized carbons (Fsp3) is 0.364. The van der Waals surface area contributed by atoms with Crippen molar-refractivity contribution in [2.24, 2.45) is 0 Å². The Morgan fingerprint density at radius 3 is 2.75 bits per heavy atom. The van der Waals surface area contributed by atoms with Gasteiger partial charge in [-0.2, -0.15) is 0 Å². The molecule has 16 heavy (non-hydrogen) atoms. The van der Waals surface area contributed by atoms with Gasteiger partial charge in [-0.1, -0.05) is 31.9 Å². The summed E-state index contributed by atoms with van der Waals surface area (Å²) in [6.45, 7) is 0.625. The van der Waals surface area contributed by atoms with Crippen molar-refractivity contribution in [3.05, 3.63) is 28.2 Å². The minimum Gasteiger partial charge on any atom is -0.507 e. The summed E-state index contributed by atoms with van der Waals surface area (Å²) >= 11 is 6.54. The normalized spacial score (nSPS) is 10.1. The summed E-state index contributed by atoms with van der Waals surface area (Å²) in [5, 5.41) is 13.3. The van der Waals surface area contributed by atoms with Crippen LogP contribution in [0.25, 0.3) is 0 Å². The number of aromatic hydroxyl groups is 1. The molecule has 0 aromatic heterocycles. The molecule has 1 amide bonds. The minimum atomic E-state index is -0.237. The number of carbonyl (C=O) groups excluding carboxylic acids is 1. The average molecular weight is 351 g/mol. The topological polar surface area (TPSA) is 49.3 Å². The van der Waals surface area contributed by atoms with Gasteiger partial charge in [0.25, 0.3) is 5.91 Å². The van der Waals surface area contributed by atoms with Gasteiger partial charge in [-0.3, -0.25) is 4.79 Å². The third kappa shape index (κ3) is 4.14. The highest BCUT2D eigenvalue weighted by atomic mass is 79.9. The third-order valence-corrected chi connectivity index (χ3v) is 3.10. The summed E-state index contributed by atoms with van der Waals surface area (Å²) in [6, 6.07) is 4.83. The first-order chi connectivity index (χ1) is 7.65. The summed E-state index contributed by atoms with van der Waals surface area (Å²) in [4.78, 5) is 11.6. The van der Waals surface area contributed by atoms with E-state index < -0.39 is 0 Å². The van der Waals surface area contributed by atoms with Gasteiger partial charge in [0.05, 0.1) is 5.56 Å². The molecular formula is C11H13Br2NO2. The first kappa shape index (κ1) is 13.5. The highest BCUT2D eigenvalue weighted by molar-refractivity contribution is 9.10. The molecule has 0 spiro atoms. The zero-order valence-electron chi connectivity index (χ0n) is 8.67. The molecule has 0 aliphatic carbocycles. The van der Waals surface area contributed by atoms with Crippen LogP contribution in [0.2, 0.25) is 0 Å². The molecule has 0 saturated heterocycles. The smallest absolute Gasteiger partial charge is 0.255 e. The van der Waals surface area contributed by atoms with Gasteiger partial charge in [-0.25, -0.2) is 0 Å². The summed E-state index contributed by atoms with van der Waals surface area (Å²) < 4.78 is 0.751. The molecule has 3 nitrogen and oxygen atoms in total. The zero-order chi connectivity index (χ0) is 12.0. The van der Waals surface area contributed by atoms with Gasteiger partial charge < -0.3 is 10.4 Å². The first-order valence-corrected chi connectivity index (χ1v) is 6.89. The summed E-state index contributed by atoms with van der Waals surface area (Å²) in [5.41, 5.74) is 0.307. The fourth-order valence-corrected chi connectivity index (χ4v) is 1.96. The molecular weight excluding hydrogens is 338 g/mol. The Bertz CT molecular complexity index is 369. The number of benzene rings is 1. The Labute approximate surface area is 111 Å². The van der Waals surface area contributed by atoms with E-state index in [9.17, 15) is 9.90 Å². The van der Waals surface area contributed by atoms with E-state index in [2.05, 4.69) is 37.2 Å². The Morgan fingerprint density at radius 1 is 1.38 bits per heavy atom. The summed E-state index contributed by atoms with van der Waals surface area (Å²) in [6.07, 6.45) is 1.95. The van der Waals surface area contributed by atoms with Crippen LogP contribution in [0.1, 0.15) is 23.2 Å². The number of halogens is 2. The van der Waals surface area contributed by atoms with E-state index in [1.807, 2.05) is 0 Å². The van der Waals surface area contributed by atoms with Crippen molar-refractivity contribution in [2.45, 2.75) is 12.8 Å². The van der Waals surface area contributed by atoms with E-state index in [1.54, 1.807) is 12.1 Å². The molecule has 0 bridgehead atoms. The van der Waals surface area contributed by atoms with Crippen LogP contribution < -0.4 is 5.32 Å². The predicted octanol–water partition coefficient (Wildman–Crippen LogP) is 3.06. The van der Waals surface area contributed by atoms with Crippen molar-refractivity contribution in [3.8, 4) is 5.75 Å². The molecule has 0 atom stereocenters. The third-order valence-electron chi connectivity index (χ3n) is 2.05. The van der Waals surface area contributed by atoms with Gasteiger partial charge >= 0.3 is 0 Å². The largest absolute Gasteiger partial charge is 0.507 e. The van der Waals surface area contributed by atoms with Crippen LogP contribution in [0.5, 0.6) is 5.75 Å². The van der Waals surface area contributed by atoms with Gasteiger partial charge in [0, 0.05) is 16.3 Å². The Balaban J connectivity index is 2.53. The molecule has 0 aliphatic heterocycles. The molecule has 1 rings (SSSR count). The molecule has 0 unspecified atom stereocenters. The number of nitrogens with one attached hydrogen (secondary N) is 1. The predicted molar refractivity (Wildman–Crippen MR) is 71.2 cm³/mol. The average Bonchev–Trinajstić information content (AvgIpc) is 2.24.